The lowest BCUT2D eigenvalue weighted by molar-refractivity contribution is -0.140. The monoisotopic (exact) mass is 469 g/mol. The quantitative estimate of drug-likeness (QED) is 0.323. The number of allylic oxidation sites excluding steroid dienone is 3. The Morgan fingerprint density at radius 3 is 2.61 bits per heavy atom. The zero-order valence-electron chi connectivity index (χ0n) is 17.3. The molecule has 1 saturated carbocycles. The van der Waals surface area contributed by atoms with Crippen molar-refractivity contribution in [3.8, 4) is 0 Å². The molecule has 1 unspecified atom stereocenters. The van der Waals surface area contributed by atoms with Gasteiger partial charge >= 0.3 is 5.97 Å². The molecule has 8 nitrogen and oxygen atoms in total. The van der Waals surface area contributed by atoms with Crippen molar-refractivity contribution in [3.05, 3.63) is 60.4 Å². The molecule has 1 aliphatic carbocycles. The molecule has 0 bridgehead atoms. The van der Waals surface area contributed by atoms with Crippen LogP contribution in [0.25, 0.3) is 0 Å². The van der Waals surface area contributed by atoms with Gasteiger partial charge in [-0.15, -0.1) is 0 Å². The molecule has 0 amide bonds. The first-order valence-electron chi connectivity index (χ1n) is 9.72. The lowest BCUT2D eigenvalue weighted by atomic mass is 10.0. The molecule has 0 saturated heterocycles. The van der Waals surface area contributed by atoms with Gasteiger partial charge in [0, 0.05) is 12.3 Å². The van der Waals surface area contributed by atoms with Crippen molar-refractivity contribution in [3.63, 3.8) is 0 Å². The number of aliphatic carboxylic acids is 1. The molecule has 0 aromatic heterocycles. The molecule has 1 aliphatic rings. The van der Waals surface area contributed by atoms with Gasteiger partial charge in [-0.05, 0) is 43.5 Å². The minimum absolute atomic E-state index is 0.0604. The predicted octanol–water partition coefficient (Wildman–Crippen LogP) is 2.80. The maximum atomic E-state index is 12.9. The highest BCUT2D eigenvalue weighted by Crippen LogP contribution is 2.25. The van der Waals surface area contributed by atoms with Crippen LogP contribution in [-0.4, -0.2) is 46.8 Å². The van der Waals surface area contributed by atoms with E-state index >= 15 is 0 Å². The van der Waals surface area contributed by atoms with E-state index in [9.17, 15) is 21.6 Å². The number of carboxylic acids is 1. The lowest BCUT2D eigenvalue weighted by Crippen LogP contribution is -2.36. The minimum atomic E-state index is -3.94. The van der Waals surface area contributed by atoms with Gasteiger partial charge in [0.1, 0.15) is 5.76 Å². The number of hydrogen-bond acceptors (Lipinski definition) is 6. The largest absolute Gasteiger partial charge is 0.483 e. The van der Waals surface area contributed by atoms with E-state index < -0.39 is 38.5 Å². The Hall–Kier alpha value is -2.43. The molecule has 0 radical (unpaired) electrons. The van der Waals surface area contributed by atoms with Crippen molar-refractivity contribution in [1.29, 1.82) is 0 Å². The normalized spacial score (nSPS) is 19.3. The van der Waals surface area contributed by atoms with Gasteiger partial charge in [0.2, 0.25) is 10.0 Å². The second-order valence-electron chi connectivity index (χ2n) is 7.27. The van der Waals surface area contributed by atoms with Crippen LogP contribution in [0.2, 0.25) is 0 Å². The van der Waals surface area contributed by atoms with E-state index in [2.05, 4.69) is 11.3 Å². The Morgan fingerprint density at radius 1 is 1.23 bits per heavy atom. The van der Waals surface area contributed by atoms with Gasteiger partial charge in [0.25, 0.3) is 0 Å². The number of rotatable bonds is 9. The standard InChI is InChI=1S/C21H27NO7S2/c1-16(29-15-21(23)24)8-6-10-17-9-4-3-5-13-20(17)22-31(27,28)19-12-7-11-18(14-19)30(2,25)26/h6-8,10-12,14,20,22H,1,3-5,9,13,15H2,2H3,(H,23,24)/b8-6-,17-10+. The number of carbonyl (C=O) groups is 1. The predicted molar refractivity (Wildman–Crippen MR) is 117 cm³/mol. The van der Waals surface area contributed by atoms with Gasteiger partial charge in [0.05, 0.1) is 9.79 Å². The van der Waals surface area contributed by atoms with E-state index in [4.69, 9.17) is 9.84 Å². The van der Waals surface area contributed by atoms with Crippen molar-refractivity contribution in [1.82, 2.24) is 4.72 Å². The third-order valence-electron chi connectivity index (χ3n) is 4.72. The SMILES string of the molecule is C=C(/C=C\C=C1/CCCCCC1NS(=O)(=O)c1cccc(S(C)(=O)=O)c1)OCC(=O)O. The summed E-state index contributed by atoms with van der Waals surface area (Å²) in [7, 11) is -7.47. The Balaban J connectivity index is 2.21. The van der Waals surface area contributed by atoms with Crippen LogP contribution in [0.3, 0.4) is 0 Å². The van der Waals surface area contributed by atoms with E-state index in [0.29, 0.717) is 12.8 Å². The Morgan fingerprint density at radius 2 is 1.94 bits per heavy atom. The van der Waals surface area contributed by atoms with Gasteiger partial charge < -0.3 is 9.84 Å². The minimum Gasteiger partial charge on any atom is -0.483 e. The number of sulfone groups is 1. The number of hydrogen-bond donors (Lipinski definition) is 2. The Labute approximate surface area is 183 Å². The Kier molecular flexibility index (Phi) is 8.60. The smallest absolute Gasteiger partial charge is 0.341 e. The Bertz CT molecular complexity index is 1090. The van der Waals surface area contributed by atoms with E-state index in [1.54, 1.807) is 12.2 Å². The molecule has 1 aromatic carbocycles. The van der Waals surface area contributed by atoms with Crippen LogP contribution in [0.1, 0.15) is 32.1 Å². The van der Waals surface area contributed by atoms with Crippen molar-refractivity contribution in [2.45, 2.75) is 47.9 Å². The van der Waals surface area contributed by atoms with Crippen molar-refractivity contribution < 1.29 is 31.5 Å². The number of sulfonamides is 1. The van der Waals surface area contributed by atoms with Gasteiger partial charge in [-0.3, -0.25) is 0 Å². The summed E-state index contributed by atoms with van der Waals surface area (Å²) in [6.07, 6.45) is 10.0. The molecular formula is C21H27NO7S2. The van der Waals surface area contributed by atoms with Crippen LogP contribution >= 0.6 is 0 Å². The third kappa shape index (κ3) is 7.97. The van der Waals surface area contributed by atoms with Crippen molar-refractivity contribution >= 4 is 25.8 Å². The van der Waals surface area contributed by atoms with Gasteiger partial charge in [0.15, 0.2) is 16.4 Å². The average Bonchev–Trinajstić information content (AvgIpc) is 2.90. The first-order chi connectivity index (χ1) is 14.5. The van der Waals surface area contributed by atoms with Crippen LogP contribution in [0.15, 0.2) is 70.2 Å². The molecule has 10 heteroatoms. The molecule has 1 aromatic rings. The average molecular weight is 470 g/mol. The van der Waals surface area contributed by atoms with Crippen molar-refractivity contribution in [2.24, 2.45) is 0 Å². The molecule has 0 spiro atoms. The van der Waals surface area contributed by atoms with Crippen LogP contribution in [0.5, 0.6) is 0 Å². The maximum absolute atomic E-state index is 12.9. The number of ether oxygens (including phenoxy) is 1. The molecule has 2 N–H and O–H groups in total. The summed E-state index contributed by atoms with van der Waals surface area (Å²) < 4.78 is 57.1. The fourth-order valence-corrected chi connectivity index (χ4v) is 5.22. The van der Waals surface area contributed by atoms with Gasteiger partial charge in [-0.2, -0.15) is 0 Å². The first-order valence-corrected chi connectivity index (χ1v) is 13.1. The number of carboxylic acid groups (broad SMARTS) is 1. The van der Waals surface area contributed by atoms with E-state index in [1.807, 2.05) is 0 Å². The van der Waals surface area contributed by atoms with Crippen molar-refractivity contribution in [2.75, 3.05) is 12.9 Å². The molecule has 1 atom stereocenters. The molecule has 0 heterocycles. The highest BCUT2D eigenvalue weighted by atomic mass is 32.2. The summed E-state index contributed by atoms with van der Waals surface area (Å²) in [5.41, 5.74) is 0.877. The molecule has 0 aliphatic heterocycles. The second-order valence-corrected chi connectivity index (χ2v) is 11.0. The lowest BCUT2D eigenvalue weighted by Gasteiger charge is -2.20. The van der Waals surface area contributed by atoms with Crippen LogP contribution < -0.4 is 4.72 Å². The van der Waals surface area contributed by atoms with E-state index in [-0.39, 0.29) is 15.6 Å². The summed E-state index contributed by atoms with van der Waals surface area (Å²) in [4.78, 5) is 10.4. The molecule has 170 valence electrons. The summed E-state index contributed by atoms with van der Waals surface area (Å²) in [6.45, 7) is 3.12. The number of benzene rings is 1. The topological polar surface area (TPSA) is 127 Å². The van der Waals surface area contributed by atoms with E-state index in [0.717, 1.165) is 37.2 Å². The summed E-state index contributed by atoms with van der Waals surface area (Å²) in [5, 5.41) is 8.62. The van der Waals surface area contributed by atoms with Crippen LogP contribution in [0.4, 0.5) is 0 Å². The highest BCUT2D eigenvalue weighted by molar-refractivity contribution is 7.91. The first kappa shape index (κ1) is 24.8. The van der Waals surface area contributed by atoms with Crippen LogP contribution in [0, 0.1) is 0 Å². The zero-order valence-corrected chi connectivity index (χ0v) is 18.9. The molecule has 1 fully saturated rings. The highest BCUT2D eigenvalue weighted by Gasteiger charge is 2.25. The van der Waals surface area contributed by atoms with Gasteiger partial charge in [-0.1, -0.05) is 43.2 Å². The summed E-state index contributed by atoms with van der Waals surface area (Å²) in [6, 6.07) is 4.84. The second kappa shape index (κ2) is 10.7. The summed E-state index contributed by atoms with van der Waals surface area (Å²) in [5.74, 6) is -0.923. The molecular weight excluding hydrogens is 442 g/mol. The molecule has 2 rings (SSSR count). The fourth-order valence-electron chi connectivity index (χ4n) is 3.16. The fraction of sp³-hybridized carbons (Fsp3) is 0.381. The van der Waals surface area contributed by atoms with E-state index in [1.165, 1.54) is 24.3 Å². The third-order valence-corrected chi connectivity index (χ3v) is 7.30. The summed E-state index contributed by atoms with van der Waals surface area (Å²) >= 11 is 0. The van der Waals surface area contributed by atoms with Gasteiger partial charge in [-0.25, -0.2) is 26.4 Å². The maximum Gasteiger partial charge on any atom is 0.341 e. The number of nitrogens with one attached hydrogen (secondary N) is 1. The van der Waals surface area contributed by atoms with Crippen LogP contribution in [-0.2, 0) is 29.4 Å². The zero-order chi connectivity index (χ0) is 23.1. The molecule has 31 heavy (non-hydrogen) atoms.